The van der Waals surface area contributed by atoms with Crippen molar-refractivity contribution >= 4 is 17.5 Å². The Bertz CT molecular complexity index is 328. The van der Waals surface area contributed by atoms with E-state index in [1.54, 1.807) is 0 Å². The molecular formula is C11H15ClN2O. The Morgan fingerprint density at radius 3 is 2.73 bits per heavy atom. The maximum Gasteiger partial charge on any atom is 0.216 e. The van der Waals surface area contributed by atoms with E-state index in [9.17, 15) is 4.79 Å². The monoisotopic (exact) mass is 226 g/mol. The summed E-state index contributed by atoms with van der Waals surface area (Å²) < 4.78 is 0. The summed E-state index contributed by atoms with van der Waals surface area (Å²) in [5.41, 5.74) is 1.07. The molecule has 0 radical (unpaired) electrons. The van der Waals surface area contributed by atoms with Crippen LogP contribution in [0.4, 0.5) is 0 Å². The Hall–Kier alpha value is -1.06. The summed E-state index contributed by atoms with van der Waals surface area (Å²) >= 11 is 5.98. The third kappa shape index (κ3) is 4.81. The van der Waals surface area contributed by atoms with Gasteiger partial charge < -0.3 is 10.6 Å². The van der Waals surface area contributed by atoms with E-state index in [0.717, 1.165) is 23.7 Å². The lowest BCUT2D eigenvalue weighted by atomic mass is 10.2. The fourth-order valence-corrected chi connectivity index (χ4v) is 1.39. The summed E-state index contributed by atoms with van der Waals surface area (Å²) in [7, 11) is 0. The molecule has 0 heterocycles. The van der Waals surface area contributed by atoms with Crippen LogP contribution in [0.15, 0.2) is 24.3 Å². The first-order valence-electron chi connectivity index (χ1n) is 4.88. The summed E-state index contributed by atoms with van der Waals surface area (Å²) in [5, 5.41) is 6.68. The molecule has 2 N–H and O–H groups in total. The number of hydrogen-bond acceptors (Lipinski definition) is 2. The lowest BCUT2D eigenvalue weighted by Crippen LogP contribution is -2.29. The molecule has 0 spiro atoms. The zero-order valence-corrected chi connectivity index (χ0v) is 9.47. The summed E-state index contributed by atoms with van der Waals surface area (Å²) in [4.78, 5) is 10.6. The van der Waals surface area contributed by atoms with Crippen molar-refractivity contribution in [3.8, 4) is 0 Å². The molecule has 0 saturated heterocycles. The second kappa shape index (κ2) is 6.43. The molecular weight excluding hydrogens is 212 g/mol. The molecule has 0 fully saturated rings. The standard InChI is InChI=1S/C11H15ClN2O/c1-9(15)14-7-6-13-8-10-4-2-3-5-11(10)12/h2-5,13H,6-8H2,1H3,(H,14,15). The molecule has 1 aromatic carbocycles. The van der Waals surface area contributed by atoms with Gasteiger partial charge in [0, 0.05) is 31.6 Å². The minimum Gasteiger partial charge on any atom is -0.355 e. The Morgan fingerprint density at radius 2 is 2.07 bits per heavy atom. The van der Waals surface area contributed by atoms with E-state index in [-0.39, 0.29) is 5.91 Å². The van der Waals surface area contributed by atoms with Crippen LogP contribution in [-0.4, -0.2) is 19.0 Å². The second-order valence-electron chi connectivity index (χ2n) is 3.25. The van der Waals surface area contributed by atoms with Crippen molar-refractivity contribution in [1.82, 2.24) is 10.6 Å². The molecule has 1 aromatic rings. The van der Waals surface area contributed by atoms with Crippen LogP contribution in [0.25, 0.3) is 0 Å². The normalized spacial score (nSPS) is 10.0. The smallest absolute Gasteiger partial charge is 0.216 e. The summed E-state index contributed by atoms with van der Waals surface area (Å²) in [6.45, 7) is 3.61. The van der Waals surface area contributed by atoms with Crippen LogP contribution >= 0.6 is 11.6 Å². The molecule has 1 rings (SSSR count). The van der Waals surface area contributed by atoms with Crippen molar-refractivity contribution in [3.63, 3.8) is 0 Å². The number of amides is 1. The molecule has 0 aliphatic carbocycles. The van der Waals surface area contributed by atoms with Crippen molar-refractivity contribution in [3.05, 3.63) is 34.9 Å². The quantitative estimate of drug-likeness (QED) is 0.749. The molecule has 15 heavy (non-hydrogen) atoms. The molecule has 82 valence electrons. The highest BCUT2D eigenvalue weighted by Gasteiger charge is 1.97. The van der Waals surface area contributed by atoms with Gasteiger partial charge in [0.15, 0.2) is 0 Å². The summed E-state index contributed by atoms with van der Waals surface area (Å²) in [6.07, 6.45) is 0. The highest BCUT2D eigenvalue weighted by Crippen LogP contribution is 2.13. The zero-order chi connectivity index (χ0) is 11.1. The number of carbonyl (C=O) groups excluding carboxylic acids is 1. The first kappa shape index (κ1) is 12.0. The van der Waals surface area contributed by atoms with Crippen LogP contribution in [0.5, 0.6) is 0 Å². The van der Waals surface area contributed by atoms with Crippen molar-refractivity contribution in [2.45, 2.75) is 13.5 Å². The van der Waals surface area contributed by atoms with Gasteiger partial charge in [-0.1, -0.05) is 29.8 Å². The van der Waals surface area contributed by atoms with Gasteiger partial charge in [0.25, 0.3) is 0 Å². The fraction of sp³-hybridized carbons (Fsp3) is 0.364. The summed E-state index contributed by atoms with van der Waals surface area (Å²) in [6, 6.07) is 7.71. The molecule has 4 heteroatoms. The van der Waals surface area contributed by atoms with Crippen LogP contribution < -0.4 is 10.6 Å². The van der Waals surface area contributed by atoms with E-state index in [2.05, 4.69) is 10.6 Å². The van der Waals surface area contributed by atoms with Gasteiger partial charge in [-0.25, -0.2) is 0 Å². The number of rotatable bonds is 5. The molecule has 0 atom stereocenters. The van der Waals surface area contributed by atoms with Crippen molar-refractivity contribution in [2.75, 3.05) is 13.1 Å². The number of benzene rings is 1. The molecule has 1 amide bonds. The second-order valence-corrected chi connectivity index (χ2v) is 3.66. The van der Waals surface area contributed by atoms with Crippen LogP contribution in [0.2, 0.25) is 5.02 Å². The minimum atomic E-state index is -0.00505. The highest BCUT2D eigenvalue weighted by molar-refractivity contribution is 6.31. The van der Waals surface area contributed by atoms with Crippen LogP contribution in [0.1, 0.15) is 12.5 Å². The predicted octanol–water partition coefficient (Wildman–Crippen LogP) is 1.57. The fourth-order valence-electron chi connectivity index (χ4n) is 1.19. The molecule has 0 aliphatic rings. The van der Waals surface area contributed by atoms with Gasteiger partial charge in [-0.05, 0) is 11.6 Å². The largest absolute Gasteiger partial charge is 0.355 e. The molecule has 0 saturated carbocycles. The first-order valence-corrected chi connectivity index (χ1v) is 5.26. The van der Waals surface area contributed by atoms with E-state index in [0.29, 0.717) is 6.54 Å². The number of carbonyl (C=O) groups is 1. The molecule has 3 nitrogen and oxygen atoms in total. The number of halogens is 1. The minimum absolute atomic E-state index is 0.00505. The number of hydrogen-bond donors (Lipinski definition) is 2. The predicted molar refractivity (Wildman–Crippen MR) is 61.8 cm³/mol. The van der Waals surface area contributed by atoms with E-state index in [1.165, 1.54) is 6.92 Å². The third-order valence-corrected chi connectivity index (χ3v) is 2.32. The van der Waals surface area contributed by atoms with E-state index in [4.69, 9.17) is 11.6 Å². The van der Waals surface area contributed by atoms with E-state index < -0.39 is 0 Å². The topological polar surface area (TPSA) is 41.1 Å². The van der Waals surface area contributed by atoms with Crippen molar-refractivity contribution < 1.29 is 4.79 Å². The summed E-state index contributed by atoms with van der Waals surface area (Å²) in [5.74, 6) is -0.00505. The van der Waals surface area contributed by atoms with Gasteiger partial charge in [-0.3, -0.25) is 4.79 Å². The lowest BCUT2D eigenvalue weighted by Gasteiger charge is -2.06. The van der Waals surface area contributed by atoms with Gasteiger partial charge in [0.05, 0.1) is 0 Å². The number of nitrogens with one attached hydrogen (secondary N) is 2. The van der Waals surface area contributed by atoms with Crippen LogP contribution in [0, 0.1) is 0 Å². The van der Waals surface area contributed by atoms with Gasteiger partial charge in [-0.15, -0.1) is 0 Å². The zero-order valence-electron chi connectivity index (χ0n) is 8.72. The first-order chi connectivity index (χ1) is 7.20. The average molecular weight is 227 g/mol. The molecule has 0 bridgehead atoms. The molecule has 0 aliphatic heterocycles. The van der Waals surface area contributed by atoms with Crippen LogP contribution in [-0.2, 0) is 11.3 Å². The Balaban J connectivity index is 2.21. The van der Waals surface area contributed by atoms with Gasteiger partial charge in [-0.2, -0.15) is 0 Å². The maximum atomic E-state index is 10.6. The third-order valence-electron chi connectivity index (χ3n) is 1.95. The average Bonchev–Trinajstić information content (AvgIpc) is 2.20. The van der Waals surface area contributed by atoms with Gasteiger partial charge >= 0.3 is 0 Å². The van der Waals surface area contributed by atoms with Crippen molar-refractivity contribution in [2.24, 2.45) is 0 Å². The lowest BCUT2D eigenvalue weighted by molar-refractivity contribution is -0.118. The Labute approximate surface area is 94.8 Å². The maximum absolute atomic E-state index is 10.6. The Morgan fingerprint density at radius 1 is 1.33 bits per heavy atom. The van der Waals surface area contributed by atoms with E-state index >= 15 is 0 Å². The Kier molecular flexibility index (Phi) is 5.15. The van der Waals surface area contributed by atoms with E-state index in [1.807, 2.05) is 24.3 Å². The van der Waals surface area contributed by atoms with Crippen molar-refractivity contribution in [1.29, 1.82) is 0 Å². The molecule has 0 unspecified atom stereocenters. The highest BCUT2D eigenvalue weighted by atomic mass is 35.5. The van der Waals surface area contributed by atoms with Gasteiger partial charge in [0.2, 0.25) is 5.91 Å². The van der Waals surface area contributed by atoms with Gasteiger partial charge in [0.1, 0.15) is 0 Å². The SMILES string of the molecule is CC(=O)NCCNCc1ccccc1Cl. The van der Waals surface area contributed by atoms with Crippen LogP contribution in [0.3, 0.4) is 0 Å². The molecule has 0 aromatic heterocycles.